The third-order valence-corrected chi connectivity index (χ3v) is 3.47. The van der Waals surface area contributed by atoms with E-state index in [1.54, 1.807) is 18.5 Å². The van der Waals surface area contributed by atoms with Crippen molar-refractivity contribution in [3.8, 4) is 0 Å². The lowest BCUT2D eigenvalue weighted by atomic mass is 10.0. The Labute approximate surface area is 122 Å². The number of nitrogens with zero attached hydrogens (tertiary/aromatic N) is 2. The first kappa shape index (κ1) is 13.3. The van der Waals surface area contributed by atoms with E-state index < -0.39 is 0 Å². The fourth-order valence-electron chi connectivity index (χ4n) is 2.31. The molecule has 3 aromatic rings. The maximum atomic E-state index is 12.4. The molecule has 0 aliphatic rings. The molecule has 1 amide bonds. The maximum absolute atomic E-state index is 12.4. The molecule has 21 heavy (non-hydrogen) atoms. The van der Waals surface area contributed by atoms with E-state index in [0.717, 1.165) is 17.4 Å². The number of carbonyl (C=O) groups excluding carboxylic acids is 1. The van der Waals surface area contributed by atoms with Crippen molar-refractivity contribution in [1.29, 1.82) is 0 Å². The first-order valence-electron chi connectivity index (χ1n) is 6.93. The van der Waals surface area contributed by atoms with Gasteiger partial charge in [-0.25, -0.2) is 4.98 Å². The van der Waals surface area contributed by atoms with Crippen LogP contribution in [0.5, 0.6) is 0 Å². The molecule has 0 saturated heterocycles. The molecule has 1 atom stereocenters. The monoisotopic (exact) mass is 280 g/mol. The van der Waals surface area contributed by atoms with E-state index in [-0.39, 0.29) is 11.9 Å². The van der Waals surface area contributed by atoms with Gasteiger partial charge in [-0.1, -0.05) is 37.3 Å². The average molecular weight is 280 g/mol. The van der Waals surface area contributed by atoms with E-state index in [1.165, 1.54) is 0 Å². The third kappa shape index (κ3) is 2.76. The molecule has 0 aliphatic heterocycles. The second-order valence-electron chi connectivity index (χ2n) is 4.88. The zero-order chi connectivity index (χ0) is 14.7. The largest absolute Gasteiger partial charge is 0.345 e. The summed E-state index contributed by atoms with van der Waals surface area (Å²) in [6.45, 7) is 2.05. The molecule has 2 heterocycles. The van der Waals surface area contributed by atoms with Gasteiger partial charge in [-0.15, -0.1) is 0 Å². The number of rotatable bonds is 4. The number of aromatic amines is 1. The van der Waals surface area contributed by atoms with Crippen LogP contribution in [0.15, 0.2) is 48.8 Å². The van der Waals surface area contributed by atoms with Gasteiger partial charge in [-0.05, 0) is 18.1 Å². The van der Waals surface area contributed by atoms with E-state index in [0.29, 0.717) is 11.2 Å². The number of nitrogens with one attached hydrogen (secondary N) is 2. The highest BCUT2D eigenvalue weighted by Gasteiger charge is 2.14. The maximum Gasteiger partial charge on any atom is 0.253 e. The van der Waals surface area contributed by atoms with Crippen molar-refractivity contribution < 1.29 is 4.79 Å². The van der Waals surface area contributed by atoms with E-state index >= 15 is 0 Å². The molecule has 1 aromatic carbocycles. The Morgan fingerprint density at radius 3 is 2.86 bits per heavy atom. The van der Waals surface area contributed by atoms with Gasteiger partial charge in [-0.2, -0.15) is 5.10 Å². The van der Waals surface area contributed by atoms with Crippen molar-refractivity contribution in [2.45, 2.75) is 19.4 Å². The van der Waals surface area contributed by atoms with Gasteiger partial charge in [0.25, 0.3) is 5.91 Å². The second-order valence-corrected chi connectivity index (χ2v) is 4.88. The Morgan fingerprint density at radius 2 is 2.10 bits per heavy atom. The number of aromatic nitrogens is 3. The van der Waals surface area contributed by atoms with E-state index in [2.05, 4.69) is 27.4 Å². The van der Waals surface area contributed by atoms with Crippen molar-refractivity contribution >= 4 is 16.9 Å². The molecule has 2 N–H and O–H groups in total. The van der Waals surface area contributed by atoms with Crippen LogP contribution >= 0.6 is 0 Å². The molecular formula is C16H16N4O. The van der Waals surface area contributed by atoms with Gasteiger partial charge in [0.15, 0.2) is 5.65 Å². The number of fused-ring (bicyclic) bond motifs is 1. The molecule has 5 heteroatoms. The van der Waals surface area contributed by atoms with Crippen LogP contribution in [0, 0.1) is 0 Å². The second kappa shape index (κ2) is 5.75. The normalized spacial score (nSPS) is 12.2. The fraction of sp³-hybridized carbons (Fsp3) is 0.188. The topological polar surface area (TPSA) is 70.7 Å². The summed E-state index contributed by atoms with van der Waals surface area (Å²) in [7, 11) is 0. The van der Waals surface area contributed by atoms with Gasteiger partial charge in [0.1, 0.15) is 0 Å². The zero-order valence-electron chi connectivity index (χ0n) is 11.7. The Bertz CT molecular complexity index is 751. The minimum absolute atomic E-state index is 0.00116. The van der Waals surface area contributed by atoms with Gasteiger partial charge in [-0.3, -0.25) is 9.89 Å². The lowest BCUT2D eigenvalue weighted by Crippen LogP contribution is -2.28. The van der Waals surface area contributed by atoms with Crippen LogP contribution < -0.4 is 5.32 Å². The lowest BCUT2D eigenvalue weighted by molar-refractivity contribution is 0.0935. The van der Waals surface area contributed by atoms with E-state index in [9.17, 15) is 4.79 Å². The molecule has 0 unspecified atom stereocenters. The summed E-state index contributed by atoms with van der Waals surface area (Å²) in [6.07, 6.45) is 4.05. The first-order chi connectivity index (χ1) is 10.3. The number of hydrogen-bond acceptors (Lipinski definition) is 3. The number of pyridine rings is 1. The molecule has 0 saturated carbocycles. The minimum atomic E-state index is -0.124. The van der Waals surface area contributed by atoms with Gasteiger partial charge in [0.05, 0.1) is 17.8 Å². The number of benzene rings is 1. The van der Waals surface area contributed by atoms with Crippen molar-refractivity contribution in [3.63, 3.8) is 0 Å². The van der Waals surface area contributed by atoms with Crippen molar-refractivity contribution in [3.05, 3.63) is 59.9 Å². The molecule has 0 fully saturated rings. The molecule has 0 aliphatic carbocycles. The average Bonchev–Trinajstić information content (AvgIpc) is 3.00. The Kier molecular flexibility index (Phi) is 3.64. The van der Waals surface area contributed by atoms with Gasteiger partial charge in [0, 0.05) is 11.6 Å². The molecule has 3 rings (SSSR count). The van der Waals surface area contributed by atoms with Gasteiger partial charge < -0.3 is 5.32 Å². The molecule has 2 aromatic heterocycles. The van der Waals surface area contributed by atoms with Crippen LogP contribution in [0.2, 0.25) is 0 Å². The summed E-state index contributed by atoms with van der Waals surface area (Å²) in [6, 6.07) is 11.7. The minimum Gasteiger partial charge on any atom is -0.345 e. The smallest absolute Gasteiger partial charge is 0.253 e. The van der Waals surface area contributed by atoms with Crippen LogP contribution in [0.25, 0.3) is 11.0 Å². The lowest BCUT2D eigenvalue weighted by Gasteiger charge is -2.17. The summed E-state index contributed by atoms with van der Waals surface area (Å²) in [5.74, 6) is -0.124. The summed E-state index contributed by atoms with van der Waals surface area (Å²) in [4.78, 5) is 16.6. The van der Waals surface area contributed by atoms with E-state index in [1.807, 2.05) is 30.3 Å². The van der Waals surface area contributed by atoms with Crippen LogP contribution in [-0.2, 0) is 0 Å². The number of H-pyrrole nitrogens is 1. The highest BCUT2D eigenvalue weighted by molar-refractivity contribution is 5.96. The van der Waals surface area contributed by atoms with Gasteiger partial charge >= 0.3 is 0 Å². The molecule has 5 nitrogen and oxygen atoms in total. The molecular weight excluding hydrogens is 264 g/mol. The Balaban J connectivity index is 1.81. The highest BCUT2D eigenvalue weighted by atomic mass is 16.1. The number of hydrogen-bond donors (Lipinski definition) is 2. The predicted molar refractivity (Wildman–Crippen MR) is 80.8 cm³/mol. The summed E-state index contributed by atoms with van der Waals surface area (Å²) in [5.41, 5.74) is 2.32. The first-order valence-corrected chi connectivity index (χ1v) is 6.93. The van der Waals surface area contributed by atoms with Crippen molar-refractivity contribution in [2.24, 2.45) is 0 Å². The summed E-state index contributed by atoms with van der Waals surface area (Å²) in [5, 5.41) is 10.6. The molecule has 106 valence electrons. The van der Waals surface area contributed by atoms with E-state index in [4.69, 9.17) is 0 Å². The van der Waals surface area contributed by atoms with Crippen LogP contribution in [0.1, 0.15) is 35.3 Å². The Morgan fingerprint density at radius 1 is 1.29 bits per heavy atom. The molecule has 0 bridgehead atoms. The molecule has 0 radical (unpaired) electrons. The summed E-state index contributed by atoms with van der Waals surface area (Å²) < 4.78 is 0. The van der Waals surface area contributed by atoms with Crippen LogP contribution in [0.3, 0.4) is 0 Å². The van der Waals surface area contributed by atoms with Crippen LogP contribution in [-0.4, -0.2) is 21.1 Å². The van der Waals surface area contributed by atoms with Crippen molar-refractivity contribution in [2.75, 3.05) is 0 Å². The van der Waals surface area contributed by atoms with Gasteiger partial charge in [0.2, 0.25) is 0 Å². The standard InChI is InChI=1S/C16H16N4O/c1-2-14(11-6-4-3-5-7-11)19-16(21)13-8-12-10-18-20-15(12)17-9-13/h3-10,14H,2H2,1H3,(H,19,21)(H,17,18,20)/t14-/m0/s1. The number of carbonyl (C=O) groups is 1. The SMILES string of the molecule is CC[C@H](NC(=O)c1cnc2[nH]ncc2c1)c1ccccc1. The zero-order valence-corrected chi connectivity index (χ0v) is 11.7. The summed E-state index contributed by atoms with van der Waals surface area (Å²) >= 11 is 0. The molecule has 0 spiro atoms. The third-order valence-electron chi connectivity index (χ3n) is 3.47. The highest BCUT2D eigenvalue weighted by Crippen LogP contribution is 2.17. The number of amides is 1. The fourth-order valence-corrected chi connectivity index (χ4v) is 2.31. The predicted octanol–water partition coefficient (Wildman–Crippen LogP) is 2.84. The van der Waals surface area contributed by atoms with Crippen molar-refractivity contribution in [1.82, 2.24) is 20.5 Å². The quantitative estimate of drug-likeness (QED) is 0.772. The Hall–Kier alpha value is -2.69. The van der Waals surface area contributed by atoms with Crippen LogP contribution in [0.4, 0.5) is 0 Å².